The number of non-ortho nitro benzene ring substituents is 1. The lowest BCUT2D eigenvalue weighted by molar-refractivity contribution is -0.384. The highest BCUT2D eigenvalue weighted by Gasteiger charge is 2.18. The summed E-state index contributed by atoms with van der Waals surface area (Å²) in [6.07, 6.45) is 0. The molecule has 0 aliphatic carbocycles. The molecule has 1 heterocycles. The fourth-order valence-corrected chi connectivity index (χ4v) is 3.90. The van der Waals surface area contributed by atoms with Gasteiger partial charge in [-0.15, -0.1) is 0 Å². The number of nitrogens with one attached hydrogen (secondary N) is 1. The largest absolute Gasteiger partial charge is 0.323 e. The van der Waals surface area contributed by atoms with Gasteiger partial charge < -0.3 is 5.32 Å². The van der Waals surface area contributed by atoms with Gasteiger partial charge in [0.2, 0.25) is 5.91 Å². The van der Waals surface area contributed by atoms with E-state index in [-0.39, 0.29) is 33.4 Å². The van der Waals surface area contributed by atoms with Gasteiger partial charge in [-0.1, -0.05) is 36.0 Å². The van der Waals surface area contributed by atoms with Crippen LogP contribution in [0, 0.1) is 21.7 Å². The SMILES string of the molecule is O=C(CSc1nc2ccccc2c(=O)n1-c1ccccc1F)Nc1cc([N+](=O)[O-])ccc1F. The van der Waals surface area contributed by atoms with Gasteiger partial charge in [-0.2, -0.15) is 0 Å². The van der Waals surface area contributed by atoms with Gasteiger partial charge in [-0.25, -0.2) is 13.8 Å². The number of nitro benzene ring substituents is 1. The molecule has 0 bridgehead atoms. The Bertz CT molecular complexity index is 1460. The van der Waals surface area contributed by atoms with Crippen LogP contribution in [0.25, 0.3) is 16.6 Å². The van der Waals surface area contributed by atoms with Crippen molar-refractivity contribution >= 4 is 39.9 Å². The van der Waals surface area contributed by atoms with E-state index in [9.17, 15) is 28.5 Å². The van der Waals surface area contributed by atoms with Crippen molar-refractivity contribution in [3.8, 4) is 5.69 Å². The van der Waals surface area contributed by atoms with E-state index in [4.69, 9.17) is 0 Å². The number of carbonyl (C=O) groups is 1. The normalized spacial score (nSPS) is 10.8. The Morgan fingerprint density at radius 2 is 1.79 bits per heavy atom. The lowest BCUT2D eigenvalue weighted by atomic mass is 10.2. The van der Waals surface area contributed by atoms with E-state index in [1.165, 1.54) is 18.2 Å². The molecule has 0 fully saturated rings. The van der Waals surface area contributed by atoms with Crippen molar-refractivity contribution in [1.82, 2.24) is 9.55 Å². The zero-order chi connectivity index (χ0) is 23.5. The van der Waals surface area contributed by atoms with E-state index in [1.807, 2.05) is 0 Å². The molecular formula is C22H14F2N4O4S. The zero-order valence-corrected chi connectivity index (χ0v) is 17.5. The molecule has 0 aliphatic rings. The lowest BCUT2D eigenvalue weighted by Crippen LogP contribution is -2.23. The number of hydrogen-bond acceptors (Lipinski definition) is 6. The maximum Gasteiger partial charge on any atom is 0.271 e. The number of para-hydroxylation sites is 2. The second-order valence-electron chi connectivity index (χ2n) is 6.76. The Labute approximate surface area is 189 Å². The molecule has 4 rings (SSSR count). The number of benzene rings is 3. The number of anilines is 1. The van der Waals surface area contributed by atoms with Crippen LogP contribution in [0.2, 0.25) is 0 Å². The van der Waals surface area contributed by atoms with E-state index >= 15 is 0 Å². The Morgan fingerprint density at radius 3 is 2.55 bits per heavy atom. The monoisotopic (exact) mass is 468 g/mol. The van der Waals surface area contributed by atoms with Crippen molar-refractivity contribution in [3.05, 3.63) is 98.8 Å². The van der Waals surface area contributed by atoms with Crippen molar-refractivity contribution < 1.29 is 18.5 Å². The van der Waals surface area contributed by atoms with Crippen molar-refractivity contribution in [2.45, 2.75) is 5.16 Å². The minimum atomic E-state index is -0.842. The van der Waals surface area contributed by atoms with Crippen molar-refractivity contribution in [2.75, 3.05) is 11.1 Å². The number of fused-ring (bicyclic) bond motifs is 1. The molecule has 1 aromatic heterocycles. The number of hydrogen-bond donors (Lipinski definition) is 1. The molecule has 0 saturated carbocycles. The Hall–Kier alpha value is -4.12. The maximum atomic E-state index is 14.5. The zero-order valence-electron chi connectivity index (χ0n) is 16.7. The van der Waals surface area contributed by atoms with Crippen LogP contribution in [0.4, 0.5) is 20.2 Å². The fourth-order valence-electron chi connectivity index (χ4n) is 3.09. The number of thioether (sulfide) groups is 1. The first kappa shape index (κ1) is 22.1. The van der Waals surface area contributed by atoms with Gasteiger partial charge in [-0.3, -0.25) is 24.3 Å². The van der Waals surface area contributed by atoms with Crippen LogP contribution in [-0.2, 0) is 4.79 Å². The summed E-state index contributed by atoms with van der Waals surface area (Å²) in [5, 5.41) is 13.5. The first-order valence-electron chi connectivity index (χ1n) is 9.48. The number of halogens is 2. The molecule has 1 amide bonds. The predicted octanol–water partition coefficient (Wildman–Crippen LogP) is 4.30. The smallest absolute Gasteiger partial charge is 0.271 e. The molecular weight excluding hydrogens is 454 g/mol. The van der Waals surface area contributed by atoms with Gasteiger partial charge in [0.05, 0.1) is 33.0 Å². The van der Waals surface area contributed by atoms with Crippen LogP contribution in [-0.4, -0.2) is 26.1 Å². The molecule has 0 radical (unpaired) electrons. The molecule has 11 heteroatoms. The van der Waals surface area contributed by atoms with Crippen LogP contribution >= 0.6 is 11.8 Å². The molecule has 0 saturated heterocycles. The minimum Gasteiger partial charge on any atom is -0.323 e. The van der Waals surface area contributed by atoms with Gasteiger partial charge >= 0.3 is 0 Å². The molecule has 4 aromatic rings. The Kier molecular flexibility index (Phi) is 6.13. The molecule has 8 nitrogen and oxygen atoms in total. The number of rotatable bonds is 6. The van der Waals surface area contributed by atoms with Crippen LogP contribution in [0.1, 0.15) is 0 Å². The average Bonchev–Trinajstić information content (AvgIpc) is 2.80. The topological polar surface area (TPSA) is 107 Å². The van der Waals surface area contributed by atoms with E-state index in [2.05, 4.69) is 10.3 Å². The third-order valence-electron chi connectivity index (χ3n) is 4.61. The molecule has 0 aliphatic heterocycles. The highest BCUT2D eigenvalue weighted by molar-refractivity contribution is 7.99. The summed E-state index contributed by atoms with van der Waals surface area (Å²) in [7, 11) is 0. The highest BCUT2D eigenvalue weighted by Crippen LogP contribution is 2.24. The van der Waals surface area contributed by atoms with E-state index < -0.39 is 28.0 Å². The van der Waals surface area contributed by atoms with Crippen LogP contribution in [0.3, 0.4) is 0 Å². The molecule has 33 heavy (non-hydrogen) atoms. The van der Waals surface area contributed by atoms with Gasteiger partial charge in [-0.05, 0) is 30.3 Å². The summed E-state index contributed by atoms with van der Waals surface area (Å²) in [6.45, 7) is 0. The van der Waals surface area contributed by atoms with Crippen LogP contribution < -0.4 is 10.9 Å². The summed E-state index contributed by atoms with van der Waals surface area (Å²) >= 11 is 0.840. The standard InChI is InChI=1S/C22H14F2N4O4S/c23-15-10-9-13(28(31)32)11-18(15)25-20(29)12-33-22-26-17-7-3-1-5-14(17)21(30)27(22)19-8-4-2-6-16(19)24/h1-11H,12H2,(H,25,29). The highest BCUT2D eigenvalue weighted by atomic mass is 32.2. The first-order valence-corrected chi connectivity index (χ1v) is 10.5. The maximum absolute atomic E-state index is 14.5. The number of amides is 1. The molecule has 3 aromatic carbocycles. The number of aromatic nitrogens is 2. The molecule has 166 valence electrons. The van der Waals surface area contributed by atoms with Crippen molar-refractivity contribution in [1.29, 1.82) is 0 Å². The Morgan fingerprint density at radius 1 is 1.06 bits per heavy atom. The first-order chi connectivity index (χ1) is 15.8. The summed E-state index contributed by atoms with van der Waals surface area (Å²) in [6, 6.07) is 14.9. The van der Waals surface area contributed by atoms with E-state index in [1.54, 1.807) is 30.3 Å². The lowest BCUT2D eigenvalue weighted by Gasteiger charge is -2.14. The summed E-state index contributed by atoms with van der Waals surface area (Å²) in [5.74, 6) is -2.50. The minimum absolute atomic E-state index is 0.0339. The Balaban J connectivity index is 1.66. The average molecular weight is 468 g/mol. The summed E-state index contributed by atoms with van der Waals surface area (Å²) < 4.78 is 29.5. The van der Waals surface area contributed by atoms with Crippen molar-refractivity contribution in [2.24, 2.45) is 0 Å². The number of carbonyl (C=O) groups excluding carboxylic acids is 1. The van der Waals surface area contributed by atoms with Crippen molar-refractivity contribution in [3.63, 3.8) is 0 Å². The van der Waals surface area contributed by atoms with Crippen LogP contribution in [0.15, 0.2) is 76.7 Å². The van der Waals surface area contributed by atoms with Gasteiger partial charge in [0.25, 0.3) is 11.2 Å². The quantitative estimate of drug-likeness (QED) is 0.196. The number of nitrogens with zero attached hydrogens (tertiary/aromatic N) is 3. The van der Waals surface area contributed by atoms with Crippen LogP contribution in [0.5, 0.6) is 0 Å². The third kappa shape index (κ3) is 4.58. The molecule has 0 unspecified atom stereocenters. The molecule has 1 N–H and O–H groups in total. The summed E-state index contributed by atoms with van der Waals surface area (Å²) in [5.41, 5.74) is -0.925. The van der Waals surface area contributed by atoms with Gasteiger partial charge in [0.15, 0.2) is 5.16 Å². The van der Waals surface area contributed by atoms with E-state index in [0.29, 0.717) is 5.52 Å². The third-order valence-corrected chi connectivity index (χ3v) is 5.54. The van der Waals surface area contributed by atoms with Gasteiger partial charge in [0.1, 0.15) is 11.6 Å². The fraction of sp³-hybridized carbons (Fsp3) is 0.0455. The number of nitro groups is 1. The predicted molar refractivity (Wildman–Crippen MR) is 120 cm³/mol. The second kappa shape index (κ2) is 9.17. The molecule has 0 spiro atoms. The molecule has 0 atom stereocenters. The second-order valence-corrected chi connectivity index (χ2v) is 7.70. The summed E-state index contributed by atoms with van der Waals surface area (Å²) in [4.78, 5) is 40.1. The van der Waals surface area contributed by atoms with Gasteiger partial charge in [0, 0.05) is 12.1 Å². The van der Waals surface area contributed by atoms with E-state index in [0.717, 1.165) is 34.5 Å².